The van der Waals surface area contributed by atoms with Crippen LogP contribution in [0.15, 0.2) is 6.07 Å². The van der Waals surface area contributed by atoms with E-state index >= 15 is 0 Å². The third kappa shape index (κ3) is 5.43. The first-order valence-corrected chi connectivity index (χ1v) is 10.1. The van der Waals surface area contributed by atoms with Gasteiger partial charge in [-0.3, -0.25) is 0 Å². The number of carbonyl (C=O) groups is 1. The van der Waals surface area contributed by atoms with Gasteiger partial charge in [0.15, 0.2) is 0 Å². The third-order valence-electron chi connectivity index (χ3n) is 5.39. The van der Waals surface area contributed by atoms with E-state index in [9.17, 15) is 4.79 Å². The molecule has 0 bridgehead atoms. The number of anilines is 1. The van der Waals surface area contributed by atoms with Crippen molar-refractivity contribution in [3.8, 4) is 5.75 Å². The summed E-state index contributed by atoms with van der Waals surface area (Å²) in [7, 11) is 0. The van der Waals surface area contributed by atoms with Crippen molar-refractivity contribution in [3.05, 3.63) is 22.2 Å². The normalized spacial score (nSPS) is 17.6. The van der Waals surface area contributed by atoms with Crippen LogP contribution in [0.1, 0.15) is 54.9 Å². The van der Waals surface area contributed by atoms with Crippen LogP contribution >= 0.6 is 24.0 Å². The zero-order valence-electron chi connectivity index (χ0n) is 16.0. The van der Waals surface area contributed by atoms with Crippen LogP contribution in [0.5, 0.6) is 5.75 Å². The van der Waals surface area contributed by atoms with E-state index in [1.807, 2.05) is 0 Å². The molecule has 152 valence electrons. The fourth-order valence-corrected chi connectivity index (χ4v) is 3.94. The average molecular weight is 417 g/mol. The monoisotopic (exact) mass is 416 g/mol. The van der Waals surface area contributed by atoms with Gasteiger partial charge in [0.1, 0.15) is 11.3 Å². The Balaban J connectivity index is 0.00000261. The van der Waals surface area contributed by atoms with Crippen molar-refractivity contribution in [2.45, 2.75) is 45.4 Å². The van der Waals surface area contributed by atoms with E-state index in [0.29, 0.717) is 41.2 Å². The quantitative estimate of drug-likeness (QED) is 0.551. The summed E-state index contributed by atoms with van der Waals surface area (Å²) in [5, 5.41) is 0.394. The second-order valence-electron chi connectivity index (χ2n) is 7.32. The minimum absolute atomic E-state index is 0. The van der Waals surface area contributed by atoms with Crippen molar-refractivity contribution in [1.29, 1.82) is 0 Å². The number of hydrogen-bond acceptors (Lipinski definition) is 5. The molecule has 1 saturated heterocycles. The molecular formula is C20H30Cl2N2O3. The Bertz CT molecular complexity index is 647. The summed E-state index contributed by atoms with van der Waals surface area (Å²) in [4.78, 5) is 15.1. The molecule has 1 fully saturated rings. The fraction of sp³-hybridized carbons (Fsp3) is 0.650. The van der Waals surface area contributed by atoms with E-state index in [4.69, 9.17) is 26.8 Å². The van der Waals surface area contributed by atoms with Gasteiger partial charge in [0.05, 0.1) is 23.9 Å². The van der Waals surface area contributed by atoms with Gasteiger partial charge in [-0.05, 0) is 63.7 Å². The lowest BCUT2D eigenvalue weighted by Gasteiger charge is -2.31. The van der Waals surface area contributed by atoms with E-state index in [0.717, 1.165) is 44.3 Å². The number of hydrogen-bond donors (Lipinski definition) is 1. The smallest absolute Gasteiger partial charge is 0.341 e. The van der Waals surface area contributed by atoms with Gasteiger partial charge in [-0.2, -0.15) is 0 Å². The Morgan fingerprint density at radius 2 is 2.15 bits per heavy atom. The number of nitrogens with zero attached hydrogens (tertiary/aromatic N) is 1. The number of rotatable bonds is 6. The Hall–Kier alpha value is -1.17. The van der Waals surface area contributed by atoms with Crippen LogP contribution in [0.25, 0.3) is 0 Å². The number of piperidine rings is 1. The largest absolute Gasteiger partial charge is 0.492 e. The molecule has 7 heteroatoms. The zero-order valence-corrected chi connectivity index (χ0v) is 17.5. The first-order chi connectivity index (χ1) is 12.6. The van der Waals surface area contributed by atoms with Crippen LogP contribution in [-0.4, -0.2) is 43.7 Å². The lowest BCUT2D eigenvalue weighted by atomic mass is 9.97. The number of benzene rings is 1. The average Bonchev–Trinajstić information content (AvgIpc) is 2.68. The van der Waals surface area contributed by atoms with Crippen molar-refractivity contribution in [1.82, 2.24) is 4.90 Å². The Kier molecular flexibility index (Phi) is 8.52. The zero-order chi connectivity index (χ0) is 18.5. The Morgan fingerprint density at radius 3 is 2.85 bits per heavy atom. The number of nitrogen functional groups attached to an aromatic ring is 1. The Morgan fingerprint density at radius 1 is 1.41 bits per heavy atom. The molecular weight excluding hydrogens is 387 g/mol. The number of esters is 1. The van der Waals surface area contributed by atoms with Gasteiger partial charge in [-0.1, -0.05) is 24.9 Å². The maximum atomic E-state index is 12.6. The number of fused-ring (bicyclic) bond motifs is 1. The molecule has 2 aliphatic rings. The predicted octanol–water partition coefficient (Wildman–Crippen LogP) is 4.34. The number of carbonyl (C=O) groups excluding carboxylic acids is 1. The molecule has 5 nitrogen and oxygen atoms in total. The lowest BCUT2D eigenvalue weighted by molar-refractivity contribution is 0.0367. The summed E-state index contributed by atoms with van der Waals surface area (Å²) in [6.45, 7) is 6.62. The number of nitrogens with two attached hydrogens (primary N) is 1. The molecule has 0 unspecified atom stereocenters. The Labute approximate surface area is 172 Å². The second-order valence-corrected chi connectivity index (χ2v) is 7.72. The van der Waals surface area contributed by atoms with Crippen LogP contribution in [0.2, 0.25) is 5.02 Å². The molecule has 0 spiro atoms. The maximum absolute atomic E-state index is 12.6. The van der Waals surface area contributed by atoms with Gasteiger partial charge in [0.2, 0.25) is 0 Å². The maximum Gasteiger partial charge on any atom is 0.341 e. The van der Waals surface area contributed by atoms with E-state index in [1.54, 1.807) is 6.07 Å². The van der Waals surface area contributed by atoms with Gasteiger partial charge >= 0.3 is 5.97 Å². The summed E-state index contributed by atoms with van der Waals surface area (Å²) in [5.74, 6) is 0.619. The van der Waals surface area contributed by atoms with E-state index in [2.05, 4.69) is 11.8 Å². The molecule has 1 aromatic rings. The minimum Gasteiger partial charge on any atom is -0.492 e. The highest BCUT2D eigenvalue weighted by Gasteiger charge is 2.26. The fourth-order valence-electron chi connectivity index (χ4n) is 3.72. The number of likely N-dealkylation sites (tertiary alicyclic amines) is 1. The van der Waals surface area contributed by atoms with Crippen LogP contribution in [0.4, 0.5) is 5.69 Å². The van der Waals surface area contributed by atoms with Gasteiger partial charge in [0.25, 0.3) is 0 Å². The topological polar surface area (TPSA) is 64.8 Å². The highest BCUT2D eigenvalue weighted by molar-refractivity contribution is 6.33. The van der Waals surface area contributed by atoms with Crippen molar-refractivity contribution in [3.63, 3.8) is 0 Å². The highest BCUT2D eigenvalue weighted by Crippen LogP contribution is 2.38. The van der Waals surface area contributed by atoms with Crippen LogP contribution in [0.3, 0.4) is 0 Å². The number of halogens is 2. The van der Waals surface area contributed by atoms with Crippen LogP contribution in [0, 0.1) is 5.92 Å². The molecule has 0 aromatic heterocycles. The van der Waals surface area contributed by atoms with Crippen molar-refractivity contribution in [2.75, 3.05) is 38.6 Å². The van der Waals surface area contributed by atoms with Gasteiger partial charge in [0, 0.05) is 5.56 Å². The predicted molar refractivity (Wildman–Crippen MR) is 111 cm³/mol. The third-order valence-corrected chi connectivity index (χ3v) is 5.71. The molecule has 0 saturated carbocycles. The van der Waals surface area contributed by atoms with Gasteiger partial charge < -0.3 is 20.1 Å². The summed E-state index contributed by atoms with van der Waals surface area (Å²) >= 11 is 6.21. The molecule has 2 aliphatic heterocycles. The van der Waals surface area contributed by atoms with Crippen LogP contribution < -0.4 is 10.5 Å². The van der Waals surface area contributed by atoms with Crippen molar-refractivity contribution in [2.24, 2.45) is 5.92 Å². The van der Waals surface area contributed by atoms with Crippen molar-refractivity contribution >= 4 is 35.7 Å². The molecule has 0 aliphatic carbocycles. The second kappa shape index (κ2) is 10.4. The molecule has 2 heterocycles. The summed E-state index contributed by atoms with van der Waals surface area (Å²) in [5.41, 5.74) is 7.79. The minimum atomic E-state index is -0.363. The molecule has 0 amide bonds. The molecule has 27 heavy (non-hydrogen) atoms. The summed E-state index contributed by atoms with van der Waals surface area (Å²) < 4.78 is 11.3. The number of ether oxygens (including phenoxy) is 2. The van der Waals surface area contributed by atoms with Crippen LogP contribution in [-0.2, 0) is 11.2 Å². The SMILES string of the molecule is CCCCN1CCC(COC(=O)c2cc(Cl)c(N)c3c2OCCC3)CC1.Cl. The standard InChI is InChI=1S/C20H29ClN2O3.ClH/c1-2-3-8-23-9-6-14(7-10-23)13-26-20(24)16-12-17(21)18(22)15-5-4-11-25-19(15)16;/h12,14H,2-11,13,22H2,1H3;1H. The van der Waals surface area contributed by atoms with Gasteiger partial charge in [-0.25, -0.2) is 4.79 Å². The lowest BCUT2D eigenvalue weighted by Crippen LogP contribution is -2.36. The molecule has 3 rings (SSSR count). The van der Waals surface area contributed by atoms with E-state index in [-0.39, 0.29) is 18.4 Å². The van der Waals surface area contributed by atoms with E-state index in [1.165, 1.54) is 19.4 Å². The molecule has 2 N–H and O–H groups in total. The first kappa shape index (κ1) is 22.1. The van der Waals surface area contributed by atoms with E-state index < -0.39 is 0 Å². The molecule has 0 radical (unpaired) electrons. The summed E-state index contributed by atoms with van der Waals surface area (Å²) in [6, 6.07) is 1.58. The summed E-state index contributed by atoms with van der Waals surface area (Å²) in [6.07, 6.45) is 6.29. The number of unbranched alkanes of at least 4 members (excludes halogenated alkanes) is 1. The first-order valence-electron chi connectivity index (χ1n) is 9.73. The highest BCUT2D eigenvalue weighted by atomic mass is 35.5. The molecule has 1 aromatic carbocycles. The van der Waals surface area contributed by atoms with Crippen molar-refractivity contribution < 1.29 is 14.3 Å². The van der Waals surface area contributed by atoms with Gasteiger partial charge in [-0.15, -0.1) is 12.4 Å². The molecule has 0 atom stereocenters.